The number of methoxy groups -OCH3 is 1. The summed E-state index contributed by atoms with van der Waals surface area (Å²) in [6.07, 6.45) is 0. The van der Waals surface area contributed by atoms with Gasteiger partial charge in [0.05, 0.1) is 12.8 Å². The predicted octanol–water partition coefficient (Wildman–Crippen LogP) is 2.66. The molecule has 0 spiro atoms. The van der Waals surface area contributed by atoms with Crippen LogP contribution in [0.15, 0.2) is 6.07 Å². The van der Waals surface area contributed by atoms with Gasteiger partial charge in [-0.15, -0.1) is 0 Å². The number of rotatable bonds is 2. The molecule has 0 heterocycles. The van der Waals surface area contributed by atoms with Crippen molar-refractivity contribution in [1.82, 2.24) is 0 Å². The summed E-state index contributed by atoms with van der Waals surface area (Å²) in [7, 11) is 3.63. The van der Waals surface area contributed by atoms with E-state index in [0.29, 0.717) is 0 Å². The fourth-order valence-corrected chi connectivity index (χ4v) is 1.62. The Labute approximate surface area is 79.9 Å². The van der Waals surface area contributed by atoms with Crippen molar-refractivity contribution in [1.29, 1.82) is 0 Å². The highest BCUT2D eigenvalue weighted by molar-refractivity contribution is 5.66. The smallest absolute Gasteiger partial charge is 0.145 e. The molecular formula is C11H17NO. The van der Waals surface area contributed by atoms with Gasteiger partial charge in [-0.25, -0.2) is 0 Å². The molecule has 0 aliphatic carbocycles. The summed E-state index contributed by atoms with van der Waals surface area (Å²) in [4.78, 5) is 0. The third kappa shape index (κ3) is 1.62. The highest BCUT2D eigenvalue weighted by Crippen LogP contribution is 2.33. The maximum Gasteiger partial charge on any atom is 0.145 e. The van der Waals surface area contributed by atoms with Gasteiger partial charge in [-0.1, -0.05) is 6.07 Å². The van der Waals surface area contributed by atoms with Crippen LogP contribution in [0.25, 0.3) is 0 Å². The average Bonchev–Trinajstić information content (AvgIpc) is 2.10. The highest BCUT2D eigenvalue weighted by Gasteiger charge is 2.09. The van der Waals surface area contributed by atoms with E-state index in [-0.39, 0.29) is 0 Å². The van der Waals surface area contributed by atoms with Crippen molar-refractivity contribution in [3.05, 3.63) is 22.8 Å². The molecule has 0 radical (unpaired) electrons. The molecule has 0 amide bonds. The molecule has 1 rings (SSSR count). The van der Waals surface area contributed by atoms with E-state index in [2.05, 4.69) is 32.2 Å². The minimum Gasteiger partial charge on any atom is -0.494 e. The number of nitrogens with one attached hydrogen (secondary N) is 1. The van der Waals surface area contributed by atoms with Crippen LogP contribution in [0.1, 0.15) is 16.7 Å². The summed E-state index contributed by atoms with van der Waals surface area (Å²) in [5.74, 6) is 0.958. The van der Waals surface area contributed by atoms with Gasteiger partial charge in [0.1, 0.15) is 5.75 Å². The summed E-state index contributed by atoms with van der Waals surface area (Å²) < 4.78 is 5.37. The first-order valence-corrected chi connectivity index (χ1v) is 4.44. The van der Waals surface area contributed by atoms with Gasteiger partial charge in [0.15, 0.2) is 0 Å². The molecule has 1 aromatic carbocycles. The molecule has 1 aromatic rings. The third-order valence-electron chi connectivity index (χ3n) is 2.44. The minimum atomic E-state index is 0.958. The van der Waals surface area contributed by atoms with Gasteiger partial charge >= 0.3 is 0 Å². The van der Waals surface area contributed by atoms with Crippen molar-refractivity contribution in [3.8, 4) is 5.75 Å². The number of aryl methyl sites for hydroxylation is 2. The van der Waals surface area contributed by atoms with Crippen LogP contribution in [0, 0.1) is 20.8 Å². The number of anilines is 1. The van der Waals surface area contributed by atoms with Crippen molar-refractivity contribution in [2.45, 2.75) is 20.8 Å². The lowest BCUT2D eigenvalue weighted by atomic mass is 10.0. The average molecular weight is 179 g/mol. The molecule has 0 aliphatic heterocycles. The number of hydrogen-bond donors (Lipinski definition) is 1. The molecule has 0 fully saturated rings. The Kier molecular flexibility index (Phi) is 2.81. The van der Waals surface area contributed by atoms with Crippen molar-refractivity contribution in [2.24, 2.45) is 0 Å². The zero-order valence-electron chi connectivity index (χ0n) is 8.99. The normalized spacial score (nSPS) is 9.92. The number of hydrogen-bond acceptors (Lipinski definition) is 2. The topological polar surface area (TPSA) is 21.3 Å². The Hall–Kier alpha value is -1.18. The van der Waals surface area contributed by atoms with E-state index in [1.165, 1.54) is 16.7 Å². The fourth-order valence-electron chi connectivity index (χ4n) is 1.62. The van der Waals surface area contributed by atoms with E-state index < -0.39 is 0 Å². The first-order chi connectivity index (χ1) is 6.11. The maximum absolute atomic E-state index is 5.37. The van der Waals surface area contributed by atoms with Crippen molar-refractivity contribution >= 4 is 5.69 Å². The van der Waals surface area contributed by atoms with Crippen LogP contribution in [-0.4, -0.2) is 14.2 Å². The second-order valence-electron chi connectivity index (χ2n) is 3.29. The van der Waals surface area contributed by atoms with Crippen LogP contribution in [0.5, 0.6) is 5.75 Å². The van der Waals surface area contributed by atoms with E-state index >= 15 is 0 Å². The molecule has 72 valence electrons. The Morgan fingerprint density at radius 2 is 1.77 bits per heavy atom. The number of ether oxygens (including phenoxy) is 1. The van der Waals surface area contributed by atoms with Gasteiger partial charge < -0.3 is 10.1 Å². The summed E-state index contributed by atoms with van der Waals surface area (Å²) in [5, 5.41) is 3.16. The monoisotopic (exact) mass is 179 g/mol. The van der Waals surface area contributed by atoms with Gasteiger partial charge in [0, 0.05) is 7.05 Å². The molecule has 0 bridgehead atoms. The summed E-state index contributed by atoms with van der Waals surface area (Å²) >= 11 is 0. The molecule has 0 aromatic heterocycles. The van der Waals surface area contributed by atoms with Crippen LogP contribution >= 0.6 is 0 Å². The van der Waals surface area contributed by atoms with Gasteiger partial charge in [0.25, 0.3) is 0 Å². The summed E-state index contributed by atoms with van der Waals surface area (Å²) in [5.41, 5.74) is 4.79. The van der Waals surface area contributed by atoms with E-state index in [1.54, 1.807) is 7.11 Å². The van der Waals surface area contributed by atoms with Crippen molar-refractivity contribution in [3.63, 3.8) is 0 Å². The SMILES string of the molecule is CNc1c(C)cc(C)c(C)c1OC. The minimum absolute atomic E-state index is 0.958. The van der Waals surface area contributed by atoms with E-state index in [4.69, 9.17) is 4.74 Å². The molecule has 2 nitrogen and oxygen atoms in total. The van der Waals surface area contributed by atoms with Crippen molar-refractivity contribution in [2.75, 3.05) is 19.5 Å². The summed E-state index contributed by atoms with van der Waals surface area (Å²) in [6, 6.07) is 2.17. The molecule has 0 unspecified atom stereocenters. The van der Waals surface area contributed by atoms with Crippen molar-refractivity contribution < 1.29 is 4.74 Å². The second-order valence-corrected chi connectivity index (χ2v) is 3.29. The largest absolute Gasteiger partial charge is 0.494 e. The Balaban J connectivity index is 3.41. The zero-order chi connectivity index (χ0) is 10.0. The molecule has 2 heteroatoms. The molecular weight excluding hydrogens is 162 g/mol. The zero-order valence-corrected chi connectivity index (χ0v) is 8.99. The maximum atomic E-state index is 5.37. The first-order valence-electron chi connectivity index (χ1n) is 4.44. The van der Waals surface area contributed by atoms with E-state index in [9.17, 15) is 0 Å². The van der Waals surface area contributed by atoms with E-state index in [1.807, 2.05) is 7.05 Å². The Morgan fingerprint density at radius 1 is 1.15 bits per heavy atom. The standard InChI is InChI=1S/C11H17NO/c1-7-6-8(2)10(12-4)11(13-5)9(7)3/h6,12H,1-5H3. The fraction of sp³-hybridized carbons (Fsp3) is 0.455. The quantitative estimate of drug-likeness (QED) is 0.753. The Bertz CT molecular complexity index is 318. The molecule has 1 N–H and O–H groups in total. The van der Waals surface area contributed by atoms with Crippen LogP contribution in [-0.2, 0) is 0 Å². The van der Waals surface area contributed by atoms with Crippen LogP contribution < -0.4 is 10.1 Å². The van der Waals surface area contributed by atoms with Gasteiger partial charge in [-0.2, -0.15) is 0 Å². The predicted molar refractivity (Wildman–Crippen MR) is 56.8 cm³/mol. The molecule has 0 saturated carbocycles. The summed E-state index contributed by atoms with van der Waals surface area (Å²) in [6.45, 7) is 6.26. The lowest BCUT2D eigenvalue weighted by Crippen LogP contribution is -2.00. The molecule has 0 atom stereocenters. The second kappa shape index (κ2) is 3.69. The van der Waals surface area contributed by atoms with Gasteiger partial charge in [-0.05, 0) is 37.5 Å². The highest BCUT2D eigenvalue weighted by atomic mass is 16.5. The molecule has 0 aliphatic rings. The first kappa shape index (κ1) is 9.90. The molecule has 0 saturated heterocycles. The van der Waals surface area contributed by atoms with Crippen LogP contribution in [0.2, 0.25) is 0 Å². The van der Waals surface area contributed by atoms with E-state index in [0.717, 1.165) is 11.4 Å². The lowest BCUT2D eigenvalue weighted by Gasteiger charge is -2.15. The van der Waals surface area contributed by atoms with Crippen LogP contribution in [0.3, 0.4) is 0 Å². The third-order valence-corrected chi connectivity index (χ3v) is 2.44. The van der Waals surface area contributed by atoms with Gasteiger partial charge in [0.2, 0.25) is 0 Å². The van der Waals surface area contributed by atoms with Crippen LogP contribution in [0.4, 0.5) is 5.69 Å². The Morgan fingerprint density at radius 3 is 2.23 bits per heavy atom. The lowest BCUT2D eigenvalue weighted by molar-refractivity contribution is 0.413. The number of benzene rings is 1. The molecule has 13 heavy (non-hydrogen) atoms. The van der Waals surface area contributed by atoms with Gasteiger partial charge in [-0.3, -0.25) is 0 Å².